The van der Waals surface area contributed by atoms with E-state index in [2.05, 4.69) is 9.88 Å². The Balaban J connectivity index is 1.64. The van der Waals surface area contributed by atoms with Crippen LogP contribution in [0.3, 0.4) is 0 Å². The van der Waals surface area contributed by atoms with Gasteiger partial charge in [-0.2, -0.15) is 0 Å². The van der Waals surface area contributed by atoms with Crippen LogP contribution in [-0.4, -0.2) is 46.9 Å². The summed E-state index contributed by atoms with van der Waals surface area (Å²) in [6.45, 7) is 3.81. The van der Waals surface area contributed by atoms with Crippen molar-refractivity contribution in [3.05, 3.63) is 62.9 Å². The van der Waals surface area contributed by atoms with Crippen LogP contribution in [-0.2, 0) is 6.54 Å². The van der Waals surface area contributed by atoms with Crippen LogP contribution >= 0.6 is 34.8 Å². The van der Waals surface area contributed by atoms with Crippen LogP contribution in [0.5, 0.6) is 0 Å². The van der Waals surface area contributed by atoms with Gasteiger partial charge in [-0.15, -0.1) is 0 Å². The van der Waals surface area contributed by atoms with Crippen molar-refractivity contribution in [1.29, 1.82) is 0 Å². The largest absolute Gasteiger partial charge is 0.337 e. The van der Waals surface area contributed by atoms with Gasteiger partial charge in [-0.05, 0) is 36.2 Å². The highest BCUT2D eigenvalue weighted by Crippen LogP contribution is 2.20. The number of rotatable bonds is 3. The van der Waals surface area contributed by atoms with Crippen molar-refractivity contribution in [2.24, 2.45) is 0 Å². The molecule has 132 valence electrons. The molecule has 2 aromatic rings. The molecule has 2 heterocycles. The number of pyridine rings is 1. The SMILES string of the molecule is O=C(c1ccccc1Cl)N1CCCN(Cc2cc(Cl)nc(Cl)c2)CC1. The van der Waals surface area contributed by atoms with Gasteiger partial charge in [-0.3, -0.25) is 9.69 Å². The minimum Gasteiger partial charge on any atom is -0.337 e. The molecule has 7 heteroatoms. The van der Waals surface area contributed by atoms with E-state index in [9.17, 15) is 4.79 Å². The molecule has 1 aromatic heterocycles. The highest BCUT2D eigenvalue weighted by Gasteiger charge is 2.22. The average Bonchev–Trinajstić information content (AvgIpc) is 2.79. The Kier molecular flexibility index (Phi) is 6.18. The molecule has 1 aliphatic rings. The van der Waals surface area contributed by atoms with Gasteiger partial charge in [0, 0.05) is 32.7 Å². The normalized spacial score (nSPS) is 15.9. The second-order valence-corrected chi connectivity index (χ2v) is 7.20. The Hall–Kier alpha value is -1.33. The van der Waals surface area contributed by atoms with E-state index in [1.807, 2.05) is 29.2 Å². The topological polar surface area (TPSA) is 36.4 Å². The van der Waals surface area contributed by atoms with Gasteiger partial charge in [0.2, 0.25) is 0 Å². The molecule has 25 heavy (non-hydrogen) atoms. The van der Waals surface area contributed by atoms with Crippen LogP contribution in [0.25, 0.3) is 0 Å². The summed E-state index contributed by atoms with van der Waals surface area (Å²) in [6.07, 6.45) is 0.905. The van der Waals surface area contributed by atoms with Crippen LogP contribution < -0.4 is 0 Å². The molecule has 1 aliphatic heterocycles. The van der Waals surface area contributed by atoms with Gasteiger partial charge < -0.3 is 4.90 Å². The van der Waals surface area contributed by atoms with Crippen molar-refractivity contribution < 1.29 is 4.79 Å². The first-order valence-electron chi connectivity index (χ1n) is 8.11. The van der Waals surface area contributed by atoms with Gasteiger partial charge in [0.25, 0.3) is 5.91 Å². The predicted molar refractivity (Wildman–Crippen MR) is 102 cm³/mol. The summed E-state index contributed by atoms with van der Waals surface area (Å²) in [6, 6.07) is 10.8. The molecule has 0 radical (unpaired) electrons. The first-order valence-corrected chi connectivity index (χ1v) is 9.24. The molecular weight excluding hydrogens is 381 g/mol. The number of aromatic nitrogens is 1. The van der Waals surface area contributed by atoms with Crippen LogP contribution in [0.4, 0.5) is 0 Å². The quantitative estimate of drug-likeness (QED) is 0.719. The van der Waals surface area contributed by atoms with Crippen molar-refractivity contribution in [2.75, 3.05) is 26.2 Å². The molecular formula is C18H18Cl3N3O. The van der Waals surface area contributed by atoms with E-state index in [4.69, 9.17) is 34.8 Å². The maximum atomic E-state index is 12.7. The molecule has 1 amide bonds. The lowest BCUT2D eigenvalue weighted by atomic mass is 10.2. The maximum Gasteiger partial charge on any atom is 0.255 e. The molecule has 0 unspecified atom stereocenters. The lowest BCUT2D eigenvalue weighted by molar-refractivity contribution is 0.0761. The molecule has 3 rings (SSSR count). The second-order valence-electron chi connectivity index (χ2n) is 6.02. The zero-order valence-electron chi connectivity index (χ0n) is 13.6. The van der Waals surface area contributed by atoms with E-state index in [0.29, 0.717) is 27.4 Å². The molecule has 0 saturated carbocycles. The maximum absolute atomic E-state index is 12.7. The summed E-state index contributed by atoms with van der Waals surface area (Å²) in [4.78, 5) is 20.8. The first kappa shape index (κ1) is 18.5. The Morgan fingerprint density at radius 1 is 1.00 bits per heavy atom. The van der Waals surface area contributed by atoms with E-state index in [-0.39, 0.29) is 5.91 Å². The highest BCUT2D eigenvalue weighted by atomic mass is 35.5. The molecule has 0 bridgehead atoms. The summed E-state index contributed by atoms with van der Waals surface area (Å²) in [5.41, 5.74) is 1.58. The van der Waals surface area contributed by atoms with Crippen LogP contribution in [0, 0.1) is 0 Å². The number of carbonyl (C=O) groups excluding carboxylic acids is 1. The summed E-state index contributed by atoms with van der Waals surface area (Å²) in [5, 5.41) is 1.29. The molecule has 1 aromatic carbocycles. The highest BCUT2D eigenvalue weighted by molar-refractivity contribution is 6.33. The Morgan fingerprint density at radius 3 is 2.44 bits per heavy atom. The Labute approximate surface area is 162 Å². The summed E-state index contributed by atoms with van der Waals surface area (Å²) in [5.74, 6) is -0.0116. The first-order chi connectivity index (χ1) is 12.0. The van der Waals surface area contributed by atoms with E-state index >= 15 is 0 Å². The fourth-order valence-corrected chi connectivity index (χ4v) is 3.72. The van der Waals surface area contributed by atoms with Gasteiger partial charge in [-0.25, -0.2) is 4.98 Å². The molecule has 0 N–H and O–H groups in total. The van der Waals surface area contributed by atoms with Gasteiger partial charge >= 0.3 is 0 Å². The summed E-state index contributed by atoms with van der Waals surface area (Å²) < 4.78 is 0. The fraction of sp³-hybridized carbons (Fsp3) is 0.333. The van der Waals surface area contributed by atoms with Crippen molar-refractivity contribution in [2.45, 2.75) is 13.0 Å². The predicted octanol–water partition coefficient (Wildman–Crippen LogP) is 4.39. The van der Waals surface area contributed by atoms with Crippen LogP contribution in [0.2, 0.25) is 15.3 Å². The van der Waals surface area contributed by atoms with E-state index in [1.165, 1.54) is 0 Å². The lowest BCUT2D eigenvalue weighted by Gasteiger charge is -2.22. The molecule has 0 spiro atoms. The molecule has 4 nitrogen and oxygen atoms in total. The van der Waals surface area contributed by atoms with E-state index in [1.54, 1.807) is 12.1 Å². The standard InChI is InChI=1S/C18H18Cl3N3O/c19-15-5-2-1-4-14(15)18(25)24-7-3-6-23(8-9-24)12-13-10-16(20)22-17(21)11-13/h1-2,4-5,10-11H,3,6-9,12H2. The number of carbonyl (C=O) groups is 1. The zero-order chi connectivity index (χ0) is 17.8. The number of benzene rings is 1. The summed E-state index contributed by atoms with van der Waals surface area (Å²) >= 11 is 18.1. The minimum atomic E-state index is -0.0116. The number of nitrogens with zero attached hydrogens (tertiary/aromatic N) is 3. The second kappa shape index (κ2) is 8.37. The third-order valence-corrected chi connectivity index (χ3v) is 4.93. The number of amides is 1. The third-order valence-electron chi connectivity index (χ3n) is 4.21. The molecule has 0 aliphatic carbocycles. The molecule has 0 atom stereocenters. The smallest absolute Gasteiger partial charge is 0.255 e. The van der Waals surface area contributed by atoms with E-state index < -0.39 is 0 Å². The van der Waals surface area contributed by atoms with Gasteiger partial charge in [-0.1, -0.05) is 46.9 Å². The van der Waals surface area contributed by atoms with E-state index in [0.717, 1.165) is 38.2 Å². The Bertz CT molecular complexity index is 749. The Morgan fingerprint density at radius 2 is 1.72 bits per heavy atom. The van der Waals surface area contributed by atoms with Gasteiger partial charge in [0.05, 0.1) is 10.6 Å². The number of halogens is 3. The van der Waals surface area contributed by atoms with Crippen LogP contribution in [0.15, 0.2) is 36.4 Å². The third kappa shape index (κ3) is 4.85. The van der Waals surface area contributed by atoms with Crippen molar-refractivity contribution in [3.8, 4) is 0 Å². The van der Waals surface area contributed by atoms with Gasteiger partial charge in [0.1, 0.15) is 10.3 Å². The molecule has 1 fully saturated rings. The lowest BCUT2D eigenvalue weighted by Crippen LogP contribution is -2.35. The van der Waals surface area contributed by atoms with Crippen molar-refractivity contribution in [1.82, 2.24) is 14.8 Å². The van der Waals surface area contributed by atoms with Crippen LogP contribution in [0.1, 0.15) is 22.3 Å². The minimum absolute atomic E-state index is 0.0116. The summed E-state index contributed by atoms with van der Waals surface area (Å²) in [7, 11) is 0. The number of hydrogen-bond acceptors (Lipinski definition) is 3. The average molecular weight is 399 g/mol. The molecule has 1 saturated heterocycles. The monoisotopic (exact) mass is 397 g/mol. The van der Waals surface area contributed by atoms with Crippen molar-refractivity contribution >= 4 is 40.7 Å². The van der Waals surface area contributed by atoms with Gasteiger partial charge in [0.15, 0.2) is 0 Å². The van der Waals surface area contributed by atoms with Crippen molar-refractivity contribution in [3.63, 3.8) is 0 Å². The zero-order valence-corrected chi connectivity index (χ0v) is 15.9. The number of hydrogen-bond donors (Lipinski definition) is 0. The fourth-order valence-electron chi connectivity index (χ4n) is 3.00.